The number of hydrogen-bond donors (Lipinski definition) is 5. The number of rotatable bonds is 4. The van der Waals surface area contributed by atoms with Crippen LogP contribution in [0.3, 0.4) is 0 Å². The molecule has 2 aromatic carbocycles. The molecule has 0 amide bonds. The van der Waals surface area contributed by atoms with E-state index in [0.717, 1.165) is 0 Å². The van der Waals surface area contributed by atoms with Gasteiger partial charge in [0.1, 0.15) is 0 Å². The Balaban J connectivity index is 0.00000220. The molecule has 9 heteroatoms. The normalized spacial score (nSPS) is 14.9. The van der Waals surface area contributed by atoms with Crippen LogP contribution in [0.15, 0.2) is 58.3 Å². The third kappa shape index (κ3) is 3.84. The highest BCUT2D eigenvalue weighted by Gasteiger charge is 2.18. The number of quaternary nitrogens is 2. The van der Waals surface area contributed by atoms with Gasteiger partial charge in [0.15, 0.2) is 11.4 Å². The molecule has 0 saturated heterocycles. The summed E-state index contributed by atoms with van der Waals surface area (Å²) < 4.78 is 8.22. The summed E-state index contributed by atoms with van der Waals surface area (Å²) in [6.07, 6.45) is 0. The van der Waals surface area contributed by atoms with Crippen molar-refractivity contribution in [1.29, 1.82) is 4.78 Å². The quantitative estimate of drug-likeness (QED) is 0.530. The predicted octanol–water partition coefficient (Wildman–Crippen LogP) is 0.714. The third-order valence-electron chi connectivity index (χ3n) is 2.67. The summed E-state index contributed by atoms with van der Waals surface area (Å²) in [5, 5.41) is 38.4. The van der Waals surface area contributed by atoms with Crippen molar-refractivity contribution in [3.05, 3.63) is 58.9 Å². The van der Waals surface area contributed by atoms with Crippen molar-refractivity contribution in [3.8, 4) is 0 Å². The fourth-order valence-corrected chi connectivity index (χ4v) is 3.18. The van der Waals surface area contributed by atoms with Gasteiger partial charge in [0.05, 0.1) is 9.79 Å². The van der Waals surface area contributed by atoms with E-state index in [-0.39, 0.29) is 23.8 Å². The molecule has 0 aromatic heterocycles. The van der Waals surface area contributed by atoms with Gasteiger partial charge < -0.3 is 10.4 Å². The smallest absolute Gasteiger partial charge is 0.178 e. The van der Waals surface area contributed by atoms with Crippen LogP contribution in [0.25, 0.3) is 0 Å². The zero-order chi connectivity index (χ0) is 14.7. The molecule has 0 radical (unpaired) electrons. The molecule has 114 valence electrons. The molecule has 0 aliphatic carbocycles. The Bertz CT molecular complexity index is 586. The van der Waals surface area contributed by atoms with E-state index >= 15 is 0 Å². The molecule has 0 spiro atoms. The first-order valence-corrected chi connectivity index (χ1v) is 6.85. The molecule has 0 aliphatic rings. The molecular formula is C12H14ClN3O4S. The van der Waals surface area contributed by atoms with Crippen LogP contribution in [0.4, 0.5) is 11.4 Å². The van der Waals surface area contributed by atoms with Crippen molar-refractivity contribution in [3.63, 3.8) is 0 Å². The van der Waals surface area contributed by atoms with E-state index in [1.807, 2.05) is 0 Å². The summed E-state index contributed by atoms with van der Waals surface area (Å²) in [6, 6.07) is 12.3. The van der Waals surface area contributed by atoms with Gasteiger partial charge in [-0.1, -0.05) is 24.3 Å². The highest BCUT2D eigenvalue weighted by atomic mass is 35.5. The van der Waals surface area contributed by atoms with Gasteiger partial charge in [-0.05, 0) is 22.8 Å². The van der Waals surface area contributed by atoms with Gasteiger partial charge in [-0.15, -0.1) is 12.4 Å². The van der Waals surface area contributed by atoms with E-state index in [1.54, 1.807) is 24.3 Å². The minimum absolute atomic E-state index is 0. The first-order chi connectivity index (χ1) is 9.52. The maximum Gasteiger partial charge on any atom is 0.178 e. The van der Waals surface area contributed by atoms with Crippen LogP contribution < -0.4 is 10.5 Å². The van der Waals surface area contributed by atoms with Crippen molar-refractivity contribution in [2.24, 2.45) is 0 Å². The molecule has 0 heterocycles. The van der Waals surface area contributed by atoms with Crippen LogP contribution in [-0.4, -0.2) is 10.4 Å². The SMILES string of the molecule is Cl.N=S(c1ccccc1[NH+]([O-])O)c1ccccc1[NH+]([O-])O. The molecule has 0 bridgehead atoms. The second kappa shape index (κ2) is 7.59. The third-order valence-corrected chi connectivity index (χ3v) is 4.27. The Morgan fingerprint density at radius 1 is 0.810 bits per heavy atom. The number of hydrogen-bond acceptors (Lipinski definition) is 5. The Hall–Kier alpha value is -1.36. The molecule has 5 N–H and O–H groups in total. The van der Waals surface area contributed by atoms with Crippen molar-refractivity contribution in [2.75, 3.05) is 0 Å². The van der Waals surface area contributed by atoms with Crippen LogP contribution in [-0.2, 0) is 10.7 Å². The average Bonchev–Trinajstić information content (AvgIpc) is 2.46. The lowest BCUT2D eigenvalue weighted by Gasteiger charge is -2.19. The summed E-state index contributed by atoms with van der Waals surface area (Å²) in [4.78, 5) is 0.599. The van der Waals surface area contributed by atoms with Crippen LogP contribution in [0.1, 0.15) is 0 Å². The standard InChI is InChI=1S/C12H13N3O4S.ClH/c13-20(11-7-3-1-5-9(11)14(16)17)12-8-4-2-6-10(12)15(18)19;/h1-8,13-16,18H;1H. The van der Waals surface area contributed by atoms with Gasteiger partial charge in [0.25, 0.3) is 0 Å². The van der Waals surface area contributed by atoms with Gasteiger partial charge >= 0.3 is 0 Å². The highest BCUT2D eigenvalue weighted by molar-refractivity contribution is 7.86. The van der Waals surface area contributed by atoms with E-state index in [4.69, 9.17) is 15.2 Å². The second-order valence-corrected chi connectivity index (χ2v) is 5.40. The van der Waals surface area contributed by atoms with E-state index < -0.39 is 21.1 Å². The van der Waals surface area contributed by atoms with Gasteiger partial charge in [-0.3, -0.25) is 4.78 Å². The monoisotopic (exact) mass is 331 g/mol. The van der Waals surface area contributed by atoms with Gasteiger partial charge in [0.2, 0.25) is 0 Å². The van der Waals surface area contributed by atoms with Crippen LogP contribution in [0.2, 0.25) is 0 Å². The predicted molar refractivity (Wildman–Crippen MR) is 78.3 cm³/mol. The summed E-state index contributed by atoms with van der Waals surface area (Å²) in [5.74, 6) is 0. The molecule has 2 atom stereocenters. The van der Waals surface area contributed by atoms with Crippen molar-refractivity contribution >= 4 is 34.5 Å². The molecule has 2 aromatic rings. The first-order valence-electron chi connectivity index (χ1n) is 5.62. The Kier molecular flexibility index (Phi) is 6.40. The van der Waals surface area contributed by atoms with Crippen molar-refractivity contribution in [1.82, 2.24) is 0 Å². The van der Waals surface area contributed by atoms with E-state index in [2.05, 4.69) is 0 Å². The molecule has 2 rings (SSSR count). The second-order valence-electron chi connectivity index (χ2n) is 3.91. The minimum atomic E-state index is -1.37. The van der Waals surface area contributed by atoms with Crippen LogP contribution in [0.5, 0.6) is 0 Å². The molecule has 7 nitrogen and oxygen atoms in total. The van der Waals surface area contributed by atoms with Gasteiger partial charge in [0, 0.05) is 12.1 Å². The van der Waals surface area contributed by atoms with Crippen molar-refractivity contribution in [2.45, 2.75) is 9.79 Å². The van der Waals surface area contributed by atoms with Gasteiger partial charge in [-0.2, -0.15) is 10.5 Å². The Morgan fingerprint density at radius 2 is 1.14 bits per heavy atom. The topological polar surface area (TPSA) is 119 Å². The summed E-state index contributed by atoms with van der Waals surface area (Å²) in [7, 11) is -1.37. The van der Waals surface area contributed by atoms with Crippen molar-refractivity contribution < 1.29 is 20.9 Å². The number of halogens is 1. The lowest BCUT2D eigenvalue weighted by Crippen LogP contribution is -2.99. The zero-order valence-corrected chi connectivity index (χ0v) is 12.3. The average molecular weight is 332 g/mol. The van der Waals surface area contributed by atoms with E-state index in [9.17, 15) is 10.4 Å². The van der Waals surface area contributed by atoms with Crippen LogP contribution in [0, 0.1) is 15.2 Å². The summed E-state index contributed by atoms with van der Waals surface area (Å²) in [6.45, 7) is 0. The summed E-state index contributed by atoms with van der Waals surface area (Å²) >= 11 is 0. The Morgan fingerprint density at radius 3 is 1.48 bits per heavy atom. The first kappa shape index (κ1) is 17.7. The van der Waals surface area contributed by atoms with Gasteiger partial charge in [-0.25, -0.2) is 10.4 Å². The Labute approximate surface area is 129 Å². The fourth-order valence-electron chi connectivity index (χ4n) is 1.76. The lowest BCUT2D eigenvalue weighted by molar-refractivity contribution is -0.992. The lowest BCUT2D eigenvalue weighted by atomic mass is 10.3. The van der Waals surface area contributed by atoms with E-state index in [0.29, 0.717) is 9.79 Å². The minimum Gasteiger partial charge on any atom is -0.595 e. The zero-order valence-electron chi connectivity index (χ0n) is 10.6. The number of nitrogens with one attached hydrogen (secondary N) is 3. The van der Waals surface area contributed by atoms with Crippen LogP contribution >= 0.6 is 12.4 Å². The summed E-state index contributed by atoms with van der Waals surface area (Å²) in [5.41, 5.74) is 0.0389. The number of benzene rings is 2. The highest BCUT2D eigenvalue weighted by Crippen LogP contribution is 2.25. The molecule has 0 saturated carbocycles. The maximum atomic E-state index is 11.2. The maximum absolute atomic E-state index is 11.2. The largest absolute Gasteiger partial charge is 0.595 e. The molecule has 2 unspecified atom stereocenters. The molecule has 0 fully saturated rings. The van der Waals surface area contributed by atoms with E-state index in [1.165, 1.54) is 24.3 Å². The molecular weight excluding hydrogens is 318 g/mol. The molecule has 0 aliphatic heterocycles. The molecule has 21 heavy (non-hydrogen) atoms. The fraction of sp³-hybridized carbons (Fsp3) is 0. The number of para-hydroxylation sites is 2.